The average molecular weight is 452 g/mol. The molecular formula is C27H25N5O2. The summed E-state index contributed by atoms with van der Waals surface area (Å²) >= 11 is 0. The number of pyridine rings is 1. The van der Waals surface area contributed by atoms with Crippen molar-refractivity contribution >= 4 is 28.7 Å². The molecule has 1 atom stereocenters. The van der Waals surface area contributed by atoms with Crippen LogP contribution in [-0.4, -0.2) is 26.9 Å². The van der Waals surface area contributed by atoms with Crippen LogP contribution in [0.5, 0.6) is 0 Å². The first-order valence-electron chi connectivity index (χ1n) is 11.5. The number of nitrogens with one attached hydrogen (secondary N) is 1. The van der Waals surface area contributed by atoms with E-state index in [1.807, 2.05) is 48.5 Å². The number of hydrogen-bond acceptors (Lipinski definition) is 7. The number of fused-ring (bicyclic) bond motifs is 1. The molecule has 5 rings (SSSR count). The van der Waals surface area contributed by atoms with Crippen molar-refractivity contribution in [2.45, 2.75) is 38.3 Å². The molecule has 0 bridgehead atoms. The van der Waals surface area contributed by atoms with Crippen LogP contribution in [0.4, 0.5) is 5.82 Å². The summed E-state index contributed by atoms with van der Waals surface area (Å²) in [7, 11) is 0. The van der Waals surface area contributed by atoms with Gasteiger partial charge in [-0.15, -0.1) is 0 Å². The van der Waals surface area contributed by atoms with Crippen LogP contribution >= 0.6 is 0 Å². The minimum Gasteiger partial charge on any atom is -0.384 e. The maximum Gasteiger partial charge on any atom is 0.192 e. The van der Waals surface area contributed by atoms with E-state index in [1.54, 1.807) is 6.20 Å². The van der Waals surface area contributed by atoms with E-state index < -0.39 is 0 Å². The van der Waals surface area contributed by atoms with E-state index in [4.69, 9.17) is 14.8 Å². The zero-order chi connectivity index (χ0) is 23.2. The maximum absolute atomic E-state index is 10.6. The van der Waals surface area contributed by atoms with Gasteiger partial charge in [-0.05, 0) is 42.2 Å². The number of benzene rings is 2. The summed E-state index contributed by atoms with van der Waals surface area (Å²) < 4.78 is 0. The molecule has 0 radical (unpaired) electrons. The Morgan fingerprint density at radius 3 is 2.71 bits per heavy atom. The normalized spacial score (nSPS) is 15.1. The van der Waals surface area contributed by atoms with Crippen LogP contribution in [0.15, 0.2) is 78.1 Å². The van der Waals surface area contributed by atoms with Crippen molar-refractivity contribution in [1.29, 1.82) is 0 Å². The molecule has 2 aromatic carbocycles. The highest BCUT2D eigenvalue weighted by atomic mass is 16.6. The van der Waals surface area contributed by atoms with Crippen LogP contribution in [0.1, 0.15) is 43.3 Å². The second kappa shape index (κ2) is 10.2. The lowest BCUT2D eigenvalue weighted by atomic mass is 10.0. The lowest BCUT2D eigenvalue weighted by Gasteiger charge is -2.16. The largest absolute Gasteiger partial charge is 0.384 e. The molecule has 170 valence electrons. The first-order valence-corrected chi connectivity index (χ1v) is 11.5. The van der Waals surface area contributed by atoms with E-state index in [-0.39, 0.29) is 6.10 Å². The third-order valence-electron chi connectivity index (χ3n) is 5.79. The second-order valence-electron chi connectivity index (χ2n) is 8.19. The fraction of sp³-hybridized carbons (Fsp3) is 0.222. The molecule has 7 nitrogen and oxygen atoms in total. The number of carbonyl (C=O) groups is 1. The second-order valence-corrected chi connectivity index (χ2v) is 8.19. The Morgan fingerprint density at radius 2 is 1.88 bits per heavy atom. The quantitative estimate of drug-likeness (QED) is 0.267. The predicted octanol–water partition coefficient (Wildman–Crippen LogP) is 5.49. The molecule has 0 fully saturated rings. The van der Waals surface area contributed by atoms with Crippen molar-refractivity contribution in [3.63, 3.8) is 0 Å². The summed E-state index contributed by atoms with van der Waals surface area (Å²) in [6.07, 6.45) is 5.05. The summed E-state index contributed by atoms with van der Waals surface area (Å²) in [6, 6.07) is 22.2. The van der Waals surface area contributed by atoms with Crippen LogP contribution < -0.4 is 5.32 Å². The van der Waals surface area contributed by atoms with Crippen LogP contribution in [0.3, 0.4) is 0 Å². The van der Waals surface area contributed by atoms with Crippen LogP contribution in [0, 0.1) is 0 Å². The van der Waals surface area contributed by atoms with Gasteiger partial charge in [0.2, 0.25) is 0 Å². The van der Waals surface area contributed by atoms with Gasteiger partial charge in [-0.1, -0.05) is 53.7 Å². The molecule has 1 aliphatic rings. The van der Waals surface area contributed by atoms with E-state index in [1.165, 1.54) is 0 Å². The molecule has 34 heavy (non-hydrogen) atoms. The lowest BCUT2D eigenvalue weighted by Crippen LogP contribution is -2.10. The summed E-state index contributed by atoms with van der Waals surface area (Å²) in [5.74, 6) is 1.33. The smallest absolute Gasteiger partial charge is 0.192 e. The highest BCUT2D eigenvalue weighted by Gasteiger charge is 2.27. The molecule has 0 saturated carbocycles. The number of hydrogen-bond donors (Lipinski definition) is 1. The van der Waals surface area contributed by atoms with Gasteiger partial charge in [-0.2, -0.15) is 0 Å². The van der Waals surface area contributed by atoms with Crippen molar-refractivity contribution < 1.29 is 9.63 Å². The highest BCUT2D eigenvalue weighted by molar-refractivity contribution is 6.01. The van der Waals surface area contributed by atoms with Gasteiger partial charge in [-0.3, -0.25) is 4.98 Å². The molecule has 1 unspecified atom stereocenters. The minimum absolute atomic E-state index is 0.341. The number of nitrogens with zero attached hydrogens (tertiary/aromatic N) is 4. The Balaban J connectivity index is 1.51. The third-order valence-corrected chi connectivity index (χ3v) is 5.79. The molecule has 7 heteroatoms. The van der Waals surface area contributed by atoms with Crippen molar-refractivity contribution in [3.05, 3.63) is 84.4 Å². The number of anilines is 1. The fourth-order valence-electron chi connectivity index (χ4n) is 4.11. The predicted molar refractivity (Wildman–Crippen MR) is 132 cm³/mol. The lowest BCUT2D eigenvalue weighted by molar-refractivity contribution is -0.107. The zero-order valence-corrected chi connectivity index (χ0v) is 18.7. The van der Waals surface area contributed by atoms with E-state index in [0.29, 0.717) is 25.2 Å². The molecule has 1 aliphatic heterocycles. The molecule has 2 aromatic heterocycles. The Hall–Kier alpha value is -4.13. The number of unbranched alkanes of at least 4 members (excludes halogenated alkanes) is 1. The fourth-order valence-corrected chi connectivity index (χ4v) is 4.11. The standard InChI is InChI=1S/C27H25N5O2/c33-16-7-5-11-20-17-24(34-32-20)26-30-23-14-8-13-22(19-9-2-1-3-10-19)25(23)27(31-26)29-18-21-12-4-6-15-28-21/h1-4,6,8-10,12-16,24H,5,7,11,17-18H2,(H,29,30,31). The molecule has 3 heterocycles. The first-order chi connectivity index (χ1) is 16.8. The van der Waals surface area contributed by atoms with Crippen molar-refractivity contribution in [2.24, 2.45) is 5.16 Å². The van der Waals surface area contributed by atoms with Crippen molar-refractivity contribution in [2.75, 3.05) is 5.32 Å². The monoisotopic (exact) mass is 451 g/mol. The van der Waals surface area contributed by atoms with Gasteiger partial charge < -0.3 is 14.9 Å². The summed E-state index contributed by atoms with van der Waals surface area (Å²) in [5.41, 5.74) is 4.87. The Morgan fingerprint density at radius 1 is 1.00 bits per heavy atom. The molecule has 4 aromatic rings. The van der Waals surface area contributed by atoms with Gasteiger partial charge in [0.25, 0.3) is 0 Å². The molecule has 0 aliphatic carbocycles. The number of aromatic nitrogens is 3. The number of rotatable bonds is 9. The molecule has 1 N–H and O–H groups in total. The van der Waals surface area contributed by atoms with Gasteiger partial charge in [0.05, 0.1) is 28.9 Å². The number of carbonyl (C=O) groups excluding carboxylic acids is 1. The van der Waals surface area contributed by atoms with E-state index >= 15 is 0 Å². The van der Waals surface area contributed by atoms with Gasteiger partial charge >= 0.3 is 0 Å². The van der Waals surface area contributed by atoms with Crippen molar-refractivity contribution in [1.82, 2.24) is 15.0 Å². The molecule has 0 saturated heterocycles. The van der Waals surface area contributed by atoms with Crippen LogP contribution in [0.25, 0.3) is 22.0 Å². The topological polar surface area (TPSA) is 89.4 Å². The van der Waals surface area contributed by atoms with Crippen LogP contribution in [-0.2, 0) is 16.2 Å². The summed E-state index contributed by atoms with van der Waals surface area (Å²) in [5, 5.41) is 8.67. The molecule has 0 spiro atoms. The van der Waals surface area contributed by atoms with Gasteiger partial charge in [0, 0.05) is 19.0 Å². The Kier molecular flexibility index (Phi) is 6.52. The first kappa shape index (κ1) is 21.7. The zero-order valence-electron chi connectivity index (χ0n) is 18.7. The Labute approximate surface area is 197 Å². The van der Waals surface area contributed by atoms with Crippen molar-refractivity contribution in [3.8, 4) is 11.1 Å². The molecular weight excluding hydrogens is 426 g/mol. The summed E-state index contributed by atoms with van der Waals surface area (Å²) in [4.78, 5) is 30.5. The van der Waals surface area contributed by atoms with E-state index in [2.05, 4.69) is 33.7 Å². The minimum atomic E-state index is -0.341. The van der Waals surface area contributed by atoms with Gasteiger partial charge in [0.1, 0.15) is 12.1 Å². The molecule has 0 amide bonds. The van der Waals surface area contributed by atoms with Gasteiger partial charge in [-0.25, -0.2) is 9.97 Å². The van der Waals surface area contributed by atoms with Gasteiger partial charge in [0.15, 0.2) is 11.9 Å². The number of aldehydes is 1. The maximum atomic E-state index is 10.6. The Bertz CT molecular complexity index is 1310. The highest BCUT2D eigenvalue weighted by Crippen LogP contribution is 2.35. The SMILES string of the molecule is O=CCCCC1=NOC(c2nc(NCc3ccccn3)c3c(-c4ccccc4)cccc3n2)C1. The van der Waals surface area contributed by atoms with E-state index in [0.717, 1.165) is 58.4 Å². The number of oxime groups is 1. The third kappa shape index (κ3) is 4.78. The average Bonchev–Trinajstić information content (AvgIpc) is 3.37. The summed E-state index contributed by atoms with van der Waals surface area (Å²) in [6.45, 7) is 0.536. The van der Waals surface area contributed by atoms with E-state index in [9.17, 15) is 4.79 Å². The van der Waals surface area contributed by atoms with Crippen LogP contribution in [0.2, 0.25) is 0 Å².